The molecular formula is C21H33N3O2. The van der Waals surface area contributed by atoms with E-state index in [9.17, 15) is 4.79 Å². The molecule has 1 unspecified atom stereocenters. The molecule has 2 saturated heterocycles. The van der Waals surface area contributed by atoms with Crippen LogP contribution in [0.5, 0.6) is 0 Å². The Morgan fingerprint density at radius 2 is 1.92 bits per heavy atom. The second-order valence-corrected chi connectivity index (χ2v) is 8.21. The summed E-state index contributed by atoms with van der Waals surface area (Å²) in [5.41, 5.74) is 4.17. The van der Waals surface area contributed by atoms with Crippen LogP contribution >= 0.6 is 0 Å². The molecule has 2 aliphatic rings. The second-order valence-electron chi connectivity index (χ2n) is 8.21. The number of rotatable bonds is 3. The number of hydrogen-bond acceptors (Lipinski definition) is 3. The van der Waals surface area contributed by atoms with Crippen LogP contribution in [0.1, 0.15) is 42.4 Å². The second kappa shape index (κ2) is 7.97. The topological polar surface area (TPSA) is 44.8 Å². The van der Waals surface area contributed by atoms with Crippen molar-refractivity contribution in [3.05, 3.63) is 34.9 Å². The van der Waals surface area contributed by atoms with E-state index in [0.29, 0.717) is 0 Å². The van der Waals surface area contributed by atoms with Crippen LogP contribution < -0.4 is 5.32 Å². The molecule has 5 heteroatoms. The van der Waals surface area contributed by atoms with Gasteiger partial charge in [0.1, 0.15) is 0 Å². The molecule has 2 fully saturated rings. The highest BCUT2D eigenvalue weighted by Gasteiger charge is 2.40. The Morgan fingerprint density at radius 1 is 1.27 bits per heavy atom. The maximum Gasteiger partial charge on any atom is 0.317 e. The number of nitrogens with one attached hydrogen (secondary N) is 1. The zero-order valence-corrected chi connectivity index (χ0v) is 16.7. The van der Waals surface area contributed by atoms with Gasteiger partial charge in [-0.1, -0.05) is 18.2 Å². The molecule has 2 heterocycles. The van der Waals surface area contributed by atoms with Crippen molar-refractivity contribution >= 4 is 6.03 Å². The van der Waals surface area contributed by atoms with Gasteiger partial charge in [0.15, 0.2) is 0 Å². The number of carbonyl (C=O) groups is 1. The van der Waals surface area contributed by atoms with Crippen LogP contribution in [0, 0.1) is 13.8 Å². The minimum Gasteiger partial charge on any atom is -0.375 e. The Balaban J connectivity index is 1.56. The average molecular weight is 360 g/mol. The van der Waals surface area contributed by atoms with Crippen molar-refractivity contribution in [3.63, 3.8) is 0 Å². The van der Waals surface area contributed by atoms with E-state index < -0.39 is 0 Å². The van der Waals surface area contributed by atoms with Crippen LogP contribution in [-0.4, -0.2) is 61.3 Å². The lowest BCUT2D eigenvalue weighted by Crippen LogP contribution is -2.54. The standard InChI is InChI=1S/C21H33N3O2/c1-16-6-5-7-17(2)19(16)15-24-11-9-21(10-12-24)14-18(8-13-26-21)22-20(25)23(3)4/h5-7,18H,8-15H2,1-4H3,(H,22,25). The molecule has 1 aromatic rings. The Bertz CT molecular complexity index is 616. The molecule has 3 rings (SSSR count). The van der Waals surface area contributed by atoms with Gasteiger partial charge in [-0.25, -0.2) is 4.79 Å². The number of piperidine rings is 1. The van der Waals surface area contributed by atoms with E-state index in [1.54, 1.807) is 19.0 Å². The van der Waals surface area contributed by atoms with E-state index in [4.69, 9.17) is 4.74 Å². The lowest BCUT2D eigenvalue weighted by atomic mass is 9.82. The minimum absolute atomic E-state index is 0.000450. The molecule has 1 spiro atoms. The molecule has 2 amide bonds. The highest BCUT2D eigenvalue weighted by Crippen LogP contribution is 2.35. The molecule has 1 atom stereocenters. The van der Waals surface area contributed by atoms with Crippen LogP contribution in [0.15, 0.2) is 18.2 Å². The number of benzene rings is 1. The minimum atomic E-state index is -0.0558. The third-order valence-corrected chi connectivity index (χ3v) is 6.02. The number of urea groups is 1. The molecule has 5 nitrogen and oxygen atoms in total. The predicted molar refractivity (Wildman–Crippen MR) is 104 cm³/mol. The number of hydrogen-bond donors (Lipinski definition) is 1. The lowest BCUT2D eigenvalue weighted by Gasteiger charge is -2.46. The molecule has 26 heavy (non-hydrogen) atoms. The number of likely N-dealkylation sites (tertiary alicyclic amines) is 1. The SMILES string of the molecule is Cc1cccc(C)c1CN1CCC2(CC1)CC(NC(=O)N(C)C)CCO2. The summed E-state index contributed by atoms with van der Waals surface area (Å²) in [6, 6.07) is 6.77. The number of aryl methyl sites for hydroxylation is 2. The van der Waals surface area contributed by atoms with E-state index in [1.165, 1.54) is 16.7 Å². The van der Waals surface area contributed by atoms with Crippen molar-refractivity contribution in [3.8, 4) is 0 Å². The molecular weight excluding hydrogens is 326 g/mol. The monoisotopic (exact) mass is 359 g/mol. The van der Waals surface area contributed by atoms with Crippen LogP contribution in [0.2, 0.25) is 0 Å². The van der Waals surface area contributed by atoms with Gasteiger partial charge in [-0.3, -0.25) is 4.90 Å². The van der Waals surface area contributed by atoms with Gasteiger partial charge in [0.05, 0.1) is 5.60 Å². The van der Waals surface area contributed by atoms with Gasteiger partial charge >= 0.3 is 6.03 Å². The van der Waals surface area contributed by atoms with Crippen LogP contribution in [0.3, 0.4) is 0 Å². The summed E-state index contributed by atoms with van der Waals surface area (Å²) < 4.78 is 6.23. The van der Waals surface area contributed by atoms with Gasteiger partial charge in [-0.2, -0.15) is 0 Å². The summed E-state index contributed by atoms with van der Waals surface area (Å²) in [6.45, 7) is 8.29. The van der Waals surface area contributed by atoms with Crippen LogP contribution in [-0.2, 0) is 11.3 Å². The fourth-order valence-corrected chi connectivity index (χ4v) is 4.24. The van der Waals surface area contributed by atoms with Crippen molar-refractivity contribution in [1.82, 2.24) is 15.1 Å². The van der Waals surface area contributed by atoms with Gasteiger partial charge in [0.2, 0.25) is 0 Å². The summed E-state index contributed by atoms with van der Waals surface area (Å²) in [5, 5.41) is 3.15. The smallest absolute Gasteiger partial charge is 0.317 e. The summed E-state index contributed by atoms with van der Waals surface area (Å²) >= 11 is 0. The summed E-state index contributed by atoms with van der Waals surface area (Å²) in [6.07, 6.45) is 3.94. The fraction of sp³-hybridized carbons (Fsp3) is 0.667. The number of ether oxygens (including phenoxy) is 1. The van der Waals surface area contributed by atoms with Crippen molar-refractivity contribution in [1.29, 1.82) is 0 Å². The largest absolute Gasteiger partial charge is 0.375 e. The fourth-order valence-electron chi connectivity index (χ4n) is 4.24. The van der Waals surface area contributed by atoms with E-state index >= 15 is 0 Å². The van der Waals surface area contributed by atoms with Gasteiger partial charge < -0.3 is 15.0 Å². The van der Waals surface area contributed by atoms with Crippen molar-refractivity contribution in [2.45, 2.75) is 57.7 Å². The Labute approximate surface area is 157 Å². The van der Waals surface area contributed by atoms with Gasteiger partial charge in [-0.15, -0.1) is 0 Å². The van der Waals surface area contributed by atoms with Gasteiger partial charge in [-0.05, 0) is 56.2 Å². The number of nitrogens with zero attached hydrogens (tertiary/aromatic N) is 2. The first-order valence-electron chi connectivity index (χ1n) is 9.78. The molecule has 0 radical (unpaired) electrons. The normalized spacial score (nSPS) is 23.0. The molecule has 144 valence electrons. The van der Waals surface area contributed by atoms with Crippen molar-refractivity contribution < 1.29 is 9.53 Å². The molecule has 1 N–H and O–H groups in total. The Kier molecular flexibility index (Phi) is 5.88. The van der Waals surface area contributed by atoms with Crippen LogP contribution in [0.4, 0.5) is 4.79 Å². The third-order valence-electron chi connectivity index (χ3n) is 6.02. The number of amides is 2. The van der Waals surface area contributed by atoms with Crippen molar-refractivity contribution in [2.24, 2.45) is 0 Å². The van der Waals surface area contributed by atoms with E-state index in [2.05, 4.69) is 42.3 Å². The summed E-state index contributed by atoms with van der Waals surface area (Å²) in [4.78, 5) is 16.1. The number of carbonyl (C=O) groups excluding carboxylic acids is 1. The third kappa shape index (κ3) is 4.38. The van der Waals surface area contributed by atoms with E-state index in [0.717, 1.165) is 51.9 Å². The quantitative estimate of drug-likeness (QED) is 0.902. The molecule has 0 bridgehead atoms. The summed E-state index contributed by atoms with van der Waals surface area (Å²) in [7, 11) is 3.58. The van der Waals surface area contributed by atoms with Crippen molar-refractivity contribution in [2.75, 3.05) is 33.8 Å². The molecule has 0 aromatic heterocycles. The lowest BCUT2D eigenvalue weighted by molar-refractivity contribution is -0.119. The molecule has 0 aliphatic carbocycles. The van der Waals surface area contributed by atoms with Gasteiger partial charge in [0.25, 0.3) is 0 Å². The maximum absolute atomic E-state index is 12.0. The molecule has 0 saturated carbocycles. The van der Waals surface area contributed by atoms with E-state index in [-0.39, 0.29) is 17.7 Å². The first-order valence-corrected chi connectivity index (χ1v) is 9.78. The van der Waals surface area contributed by atoms with Gasteiger partial charge in [0, 0.05) is 46.4 Å². The highest BCUT2D eigenvalue weighted by atomic mass is 16.5. The van der Waals surface area contributed by atoms with E-state index in [1.807, 2.05) is 0 Å². The zero-order chi connectivity index (χ0) is 18.7. The first kappa shape index (κ1) is 19.2. The Hall–Kier alpha value is -1.59. The molecule has 1 aromatic carbocycles. The van der Waals surface area contributed by atoms with Crippen LogP contribution in [0.25, 0.3) is 0 Å². The average Bonchev–Trinajstić information content (AvgIpc) is 2.60. The Morgan fingerprint density at radius 3 is 2.54 bits per heavy atom. The first-order chi connectivity index (χ1) is 12.4. The maximum atomic E-state index is 12.0. The predicted octanol–water partition coefficient (Wildman–Crippen LogP) is 3.09. The zero-order valence-electron chi connectivity index (χ0n) is 16.7. The molecule has 2 aliphatic heterocycles. The summed E-state index contributed by atoms with van der Waals surface area (Å²) in [5.74, 6) is 0. The highest BCUT2D eigenvalue weighted by molar-refractivity contribution is 5.73.